The number of aryl methyl sites for hydroxylation is 1. The zero-order valence-electron chi connectivity index (χ0n) is 16.5. The molecule has 0 saturated carbocycles. The number of rotatable bonds is 4. The molecular weight excluding hydrogens is 384 g/mol. The number of H-pyrrole nitrogens is 1. The van der Waals surface area contributed by atoms with Gasteiger partial charge < -0.3 is 10.2 Å². The summed E-state index contributed by atoms with van der Waals surface area (Å²) in [7, 11) is 1.80. The quantitative estimate of drug-likeness (QED) is 0.452. The first-order valence-electron chi connectivity index (χ1n) is 9.55. The minimum Gasteiger partial charge on any atom is -0.365 e. The van der Waals surface area contributed by atoms with Crippen LogP contribution in [0, 0.1) is 12.3 Å². The van der Waals surface area contributed by atoms with E-state index in [-0.39, 0.29) is 6.04 Å². The van der Waals surface area contributed by atoms with Gasteiger partial charge in [-0.2, -0.15) is 5.10 Å². The van der Waals surface area contributed by atoms with Crippen LogP contribution < -0.4 is 5.32 Å². The van der Waals surface area contributed by atoms with E-state index in [1.165, 1.54) is 29.2 Å². The van der Waals surface area contributed by atoms with Gasteiger partial charge in [-0.1, -0.05) is 29.8 Å². The highest BCUT2D eigenvalue weighted by Gasteiger charge is 2.26. The van der Waals surface area contributed by atoms with Crippen LogP contribution in [0.15, 0.2) is 41.8 Å². The molecule has 3 heterocycles. The number of anilines is 1. The van der Waals surface area contributed by atoms with Gasteiger partial charge in [0.1, 0.15) is 12.1 Å². The summed E-state index contributed by atoms with van der Waals surface area (Å²) in [6, 6.07) is 8.69. The van der Waals surface area contributed by atoms with Gasteiger partial charge in [0.15, 0.2) is 10.8 Å². The van der Waals surface area contributed by atoms with Crippen LogP contribution in [0.5, 0.6) is 0 Å². The lowest BCUT2D eigenvalue weighted by Gasteiger charge is -2.20. The van der Waals surface area contributed by atoms with Gasteiger partial charge in [0.05, 0.1) is 16.6 Å². The van der Waals surface area contributed by atoms with Gasteiger partial charge in [-0.25, -0.2) is 9.97 Å². The van der Waals surface area contributed by atoms with Crippen LogP contribution in [0.1, 0.15) is 17.5 Å². The minimum atomic E-state index is 0.225. The van der Waals surface area contributed by atoms with E-state index in [0.717, 1.165) is 47.8 Å². The fourth-order valence-electron chi connectivity index (χ4n) is 3.35. The van der Waals surface area contributed by atoms with E-state index >= 15 is 0 Å². The van der Waals surface area contributed by atoms with Crippen molar-refractivity contribution in [1.82, 2.24) is 25.1 Å². The highest BCUT2D eigenvalue weighted by Crippen LogP contribution is 2.23. The summed E-state index contributed by atoms with van der Waals surface area (Å²) in [5.41, 5.74) is 3.18. The number of nitrogens with one attached hydrogen (secondary N) is 3. The lowest BCUT2D eigenvalue weighted by molar-refractivity contribution is 0.521. The molecule has 0 amide bonds. The number of thioether (sulfide) groups is 1. The molecule has 4 rings (SSSR count). The zero-order valence-corrected chi connectivity index (χ0v) is 17.3. The maximum absolute atomic E-state index is 8.54. The molecule has 1 aliphatic heterocycles. The predicted octanol–water partition coefficient (Wildman–Crippen LogP) is 3.09. The summed E-state index contributed by atoms with van der Waals surface area (Å²) in [4.78, 5) is 15.0. The van der Waals surface area contributed by atoms with Gasteiger partial charge in [-0.15, -0.1) is 0 Å². The molecule has 29 heavy (non-hydrogen) atoms. The molecule has 1 aliphatic rings. The number of aromatic nitrogens is 4. The van der Waals surface area contributed by atoms with Gasteiger partial charge in [0.25, 0.3) is 0 Å². The van der Waals surface area contributed by atoms with Crippen molar-refractivity contribution in [2.75, 3.05) is 25.5 Å². The van der Waals surface area contributed by atoms with Crippen molar-refractivity contribution in [3.05, 3.63) is 47.9 Å². The molecule has 3 N–H and O–H groups in total. The first kappa shape index (κ1) is 19.4. The monoisotopic (exact) mass is 408 g/mol. The summed E-state index contributed by atoms with van der Waals surface area (Å²) >= 11 is 1.44. The third-order valence-electron chi connectivity index (χ3n) is 5.00. The Hall–Kier alpha value is -2.94. The topological polar surface area (TPSA) is 106 Å². The van der Waals surface area contributed by atoms with Gasteiger partial charge >= 0.3 is 0 Å². The SMILES string of the molecule is C/N=C(/Cc1ccc(C)cc1)SC(=N)N1CC[C@H](Nc2ncnc3[nH]ncc23)C1. The summed E-state index contributed by atoms with van der Waals surface area (Å²) in [6.07, 6.45) is 4.96. The van der Waals surface area contributed by atoms with E-state index in [1.54, 1.807) is 13.2 Å². The Morgan fingerprint density at radius 3 is 2.97 bits per heavy atom. The average Bonchev–Trinajstić information content (AvgIpc) is 3.39. The van der Waals surface area contributed by atoms with Crippen LogP contribution in [-0.2, 0) is 6.42 Å². The normalized spacial score (nSPS) is 17.1. The molecule has 0 unspecified atom stereocenters. The maximum atomic E-state index is 8.54. The number of amidine groups is 1. The van der Waals surface area contributed by atoms with Crippen molar-refractivity contribution in [2.24, 2.45) is 4.99 Å². The summed E-state index contributed by atoms with van der Waals surface area (Å²) in [6.45, 7) is 3.68. The predicted molar refractivity (Wildman–Crippen MR) is 119 cm³/mol. The molecule has 9 heteroatoms. The number of hydrogen-bond donors (Lipinski definition) is 3. The smallest absolute Gasteiger partial charge is 0.162 e. The van der Waals surface area contributed by atoms with Crippen LogP contribution in [0.3, 0.4) is 0 Å². The lowest BCUT2D eigenvalue weighted by atomic mass is 10.1. The van der Waals surface area contributed by atoms with E-state index in [9.17, 15) is 0 Å². The second kappa shape index (κ2) is 8.60. The Labute approximate surface area is 173 Å². The summed E-state index contributed by atoms with van der Waals surface area (Å²) < 4.78 is 0. The Morgan fingerprint density at radius 2 is 2.17 bits per heavy atom. The van der Waals surface area contributed by atoms with Crippen LogP contribution in [0.2, 0.25) is 0 Å². The third kappa shape index (κ3) is 4.56. The van der Waals surface area contributed by atoms with Crippen LogP contribution in [0.25, 0.3) is 11.0 Å². The molecule has 0 bridgehead atoms. The Morgan fingerprint density at radius 1 is 1.34 bits per heavy atom. The van der Waals surface area contributed by atoms with Crippen molar-refractivity contribution < 1.29 is 0 Å². The number of fused-ring (bicyclic) bond motifs is 1. The molecule has 1 saturated heterocycles. The van der Waals surface area contributed by atoms with Crippen molar-refractivity contribution >= 4 is 38.8 Å². The molecule has 1 fully saturated rings. The number of aromatic amines is 1. The number of nitrogens with zero attached hydrogens (tertiary/aromatic N) is 5. The van der Waals surface area contributed by atoms with Crippen molar-refractivity contribution in [1.29, 1.82) is 5.41 Å². The molecule has 150 valence electrons. The van der Waals surface area contributed by atoms with Gasteiger partial charge in [0, 0.05) is 32.6 Å². The molecule has 0 aliphatic carbocycles. The highest BCUT2D eigenvalue weighted by atomic mass is 32.2. The molecule has 0 radical (unpaired) electrons. The molecule has 8 nitrogen and oxygen atoms in total. The van der Waals surface area contributed by atoms with Crippen LogP contribution in [0.4, 0.5) is 5.82 Å². The average molecular weight is 409 g/mol. The van der Waals surface area contributed by atoms with E-state index < -0.39 is 0 Å². The largest absolute Gasteiger partial charge is 0.365 e. The molecule has 2 aromatic heterocycles. The first-order valence-corrected chi connectivity index (χ1v) is 10.4. The lowest BCUT2D eigenvalue weighted by Crippen LogP contribution is -2.30. The van der Waals surface area contributed by atoms with Gasteiger partial charge in [-0.3, -0.25) is 15.5 Å². The van der Waals surface area contributed by atoms with Crippen LogP contribution in [-0.4, -0.2) is 61.5 Å². The van der Waals surface area contributed by atoms with E-state index in [1.807, 2.05) is 0 Å². The molecule has 1 aromatic carbocycles. The second-order valence-corrected chi connectivity index (χ2v) is 8.18. The maximum Gasteiger partial charge on any atom is 0.162 e. The molecule has 0 spiro atoms. The zero-order chi connectivity index (χ0) is 20.2. The second-order valence-electron chi connectivity index (χ2n) is 7.12. The summed E-state index contributed by atoms with van der Waals surface area (Å²) in [5.74, 6) is 0.782. The molecule has 3 aromatic rings. The number of hydrogen-bond acceptors (Lipinski definition) is 7. The fourth-order valence-corrected chi connectivity index (χ4v) is 4.20. The Bertz CT molecular complexity index is 1030. The van der Waals surface area contributed by atoms with E-state index in [0.29, 0.717) is 5.17 Å². The van der Waals surface area contributed by atoms with Gasteiger partial charge in [0.2, 0.25) is 0 Å². The summed E-state index contributed by atoms with van der Waals surface area (Å²) in [5, 5.41) is 21.3. The van der Waals surface area contributed by atoms with Crippen molar-refractivity contribution in [3.63, 3.8) is 0 Å². The third-order valence-corrected chi connectivity index (χ3v) is 6.02. The number of aliphatic imine (C=N–C) groups is 1. The number of benzene rings is 1. The fraction of sp³-hybridized carbons (Fsp3) is 0.350. The minimum absolute atomic E-state index is 0.225. The van der Waals surface area contributed by atoms with Crippen molar-refractivity contribution in [2.45, 2.75) is 25.8 Å². The highest BCUT2D eigenvalue weighted by molar-refractivity contribution is 8.26. The molecular formula is C20H24N8S. The Balaban J connectivity index is 1.34. The standard InChI is InChI=1S/C20H24N8S/c1-13-3-5-14(6-4-13)9-17(22-2)29-20(21)28-8-7-15(11-28)26-18-16-10-25-27-19(16)24-12-23-18/h3-6,10,12,15,21H,7-9,11H2,1-2H3,(H2,23,24,25,26,27)/b21-20?,22-17-/t15-/m0/s1. The van der Waals surface area contributed by atoms with Crippen molar-refractivity contribution in [3.8, 4) is 0 Å². The Kier molecular flexibility index (Phi) is 5.75. The van der Waals surface area contributed by atoms with E-state index in [2.05, 4.69) is 66.6 Å². The first-order chi connectivity index (χ1) is 14.1. The number of likely N-dealkylation sites (tertiary alicyclic amines) is 1. The van der Waals surface area contributed by atoms with E-state index in [4.69, 9.17) is 5.41 Å². The molecule has 1 atom stereocenters. The van der Waals surface area contributed by atoms with Crippen LogP contribution >= 0.6 is 11.8 Å². The van der Waals surface area contributed by atoms with Gasteiger partial charge in [-0.05, 0) is 30.7 Å².